The van der Waals surface area contributed by atoms with E-state index in [4.69, 9.17) is 14.2 Å². The maximum absolute atomic E-state index is 13.3. The highest BCUT2D eigenvalue weighted by Gasteiger charge is 2.37. The Morgan fingerprint density at radius 3 is 2.27 bits per heavy atom. The van der Waals surface area contributed by atoms with E-state index in [-0.39, 0.29) is 29.3 Å². The summed E-state index contributed by atoms with van der Waals surface area (Å²) in [7, 11) is 0. The molecule has 13 nitrogen and oxygen atoms in total. The number of H-pyrrole nitrogens is 1. The number of hydrogen-bond acceptors (Lipinski definition) is 11. The number of nitrogens with zero attached hydrogens (tertiary/aromatic N) is 2. The number of nitrogens with one attached hydrogen (secondary N) is 3. The number of benzene rings is 5. The molecule has 3 atom stereocenters. The fourth-order valence-electron chi connectivity index (χ4n) is 9.50. The molecule has 5 heterocycles. The van der Waals surface area contributed by atoms with Crippen molar-refractivity contribution in [3.63, 3.8) is 0 Å². The third-order valence-corrected chi connectivity index (χ3v) is 13.3. The maximum Gasteiger partial charge on any atom is 0.408 e. The van der Waals surface area contributed by atoms with Crippen molar-refractivity contribution in [3.8, 4) is 11.5 Å². The van der Waals surface area contributed by atoms with E-state index in [1.165, 1.54) is 12.1 Å². The summed E-state index contributed by atoms with van der Waals surface area (Å²) in [5, 5.41) is 28.1. The number of anilines is 1. The lowest BCUT2D eigenvalue weighted by molar-refractivity contribution is -0.0336. The molecule has 0 radical (unpaired) electrons. The number of aliphatic hydroxyl groups is 1. The minimum atomic E-state index is -0.828. The minimum absolute atomic E-state index is 0.0375. The largest absolute Gasteiger partial charge is 0.506 e. The Hall–Kier alpha value is -6.67. The van der Waals surface area contributed by atoms with E-state index in [0.29, 0.717) is 60.0 Å². The molecule has 5 N–H and O–H groups in total. The summed E-state index contributed by atoms with van der Waals surface area (Å²) < 4.78 is 18.0. The van der Waals surface area contributed by atoms with Crippen LogP contribution in [0.3, 0.4) is 0 Å². The van der Waals surface area contributed by atoms with Gasteiger partial charge in [-0.1, -0.05) is 72.8 Å². The molecular weight excluding hydrogens is 835 g/mol. The summed E-state index contributed by atoms with van der Waals surface area (Å²) in [5.74, 6) is 0.988. The van der Waals surface area contributed by atoms with E-state index < -0.39 is 18.2 Å². The van der Waals surface area contributed by atoms with Gasteiger partial charge in [-0.15, -0.1) is 0 Å². The number of alkyl carbamates (subject to hydrolysis) is 1. The molecular formula is C53H57N5O8. The lowest BCUT2D eigenvalue weighted by Gasteiger charge is -2.43. The molecule has 0 saturated carbocycles. The summed E-state index contributed by atoms with van der Waals surface area (Å²) in [6.07, 6.45) is 2.64. The number of aromatic hydroxyl groups is 1. The molecule has 13 heteroatoms. The predicted molar refractivity (Wildman–Crippen MR) is 253 cm³/mol. The highest BCUT2D eigenvalue weighted by Crippen LogP contribution is 2.32. The quantitative estimate of drug-likeness (QED) is 0.0608. The fraction of sp³-hybridized carbons (Fsp3) is 0.340. The van der Waals surface area contributed by atoms with Crippen molar-refractivity contribution < 1.29 is 34.0 Å². The van der Waals surface area contributed by atoms with E-state index in [0.717, 1.165) is 86.3 Å². The van der Waals surface area contributed by atoms with Crippen molar-refractivity contribution in [1.82, 2.24) is 20.5 Å². The second-order valence-electron chi connectivity index (χ2n) is 17.8. The van der Waals surface area contributed by atoms with Crippen LogP contribution in [0.4, 0.5) is 10.5 Å². The van der Waals surface area contributed by atoms with E-state index in [1.54, 1.807) is 24.3 Å². The normalized spacial score (nSPS) is 19.2. The van der Waals surface area contributed by atoms with Gasteiger partial charge in [0.2, 0.25) is 5.56 Å². The molecule has 1 aromatic heterocycles. The number of phenols is 1. The monoisotopic (exact) mass is 891 g/mol. The third kappa shape index (κ3) is 10.9. The van der Waals surface area contributed by atoms with Gasteiger partial charge in [-0.05, 0) is 127 Å². The van der Waals surface area contributed by atoms with Gasteiger partial charge in [0.05, 0.1) is 29.8 Å². The van der Waals surface area contributed by atoms with E-state index in [9.17, 15) is 24.6 Å². The summed E-state index contributed by atoms with van der Waals surface area (Å²) >= 11 is 0. The van der Waals surface area contributed by atoms with Crippen molar-refractivity contribution >= 4 is 28.7 Å². The number of amides is 1. The van der Waals surface area contributed by atoms with Gasteiger partial charge in [0.15, 0.2) is 0 Å². The summed E-state index contributed by atoms with van der Waals surface area (Å²) in [5.41, 5.74) is 6.07. The van der Waals surface area contributed by atoms with Crippen LogP contribution in [-0.2, 0) is 22.6 Å². The molecule has 342 valence electrons. The van der Waals surface area contributed by atoms with Gasteiger partial charge in [0.25, 0.3) is 0 Å². The maximum atomic E-state index is 13.3. The predicted octanol–water partition coefficient (Wildman–Crippen LogP) is 7.62. The number of carbonyl (C=O) groups excluding carboxylic acids is 2. The summed E-state index contributed by atoms with van der Waals surface area (Å²) in [6, 6.07) is 39.1. The zero-order valence-electron chi connectivity index (χ0n) is 36.9. The molecule has 4 fully saturated rings. The number of esters is 1. The number of aliphatic hydroxyl groups excluding tert-OH is 1. The van der Waals surface area contributed by atoms with Crippen molar-refractivity contribution in [2.45, 2.75) is 57.1 Å². The Labute approximate surface area is 384 Å². The first kappa shape index (κ1) is 44.5. The van der Waals surface area contributed by atoms with Gasteiger partial charge in [-0.25, -0.2) is 9.59 Å². The number of fused-ring (bicyclic) bond motifs is 4. The first-order valence-corrected chi connectivity index (χ1v) is 23.0. The van der Waals surface area contributed by atoms with Crippen LogP contribution in [0.25, 0.3) is 10.9 Å². The molecule has 4 saturated heterocycles. The standard InChI is InChI=1S/C53H57N5O8/c59-46-19-17-44(45-18-20-49(61)55-51(45)46)47(60)31-54-30-35-11-15-42(16-12-35)58-27-21-37(22-28-58)34-65-52(62)40-13-9-36(10-14-40)33-64-43-8-4-7-41(29-43)50(39-5-2-1-3-6-39)56-53(63)66-48-32-57-25-23-38(48)24-26-57/h1-20,29,37-38,47-48,50,54,59-60H,21-28,30-34H2,(H,55,61)(H,56,63)/t47?,48-,50?/m0/s1. The summed E-state index contributed by atoms with van der Waals surface area (Å²) in [4.78, 5) is 45.4. The zero-order chi connectivity index (χ0) is 45.4. The molecule has 4 aliphatic heterocycles. The highest BCUT2D eigenvalue weighted by atomic mass is 16.6. The number of ether oxygens (including phenoxy) is 3. The van der Waals surface area contributed by atoms with Crippen LogP contribution in [-0.4, -0.2) is 84.1 Å². The van der Waals surface area contributed by atoms with Gasteiger partial charge in [-0.3, -0.25) is 9.69 Å². The average molecular weight is 892 g/mol. The number of phenolic OH excluding ortho intramolecular Hbond substituents is 1. The molecule has 2 unspecified atom stereocenters. The lowest BCUT2D eigenvalue weighted by Crippen LogP contribution is -2.52. The molecule has 6 aromatic rings. The number of rotatable bonds is 16. The minimum Gasteiger partial charge on any atom is -0.506 e. The second kappa shape index (κ2) is 20.7. The second-order valence-corrected chi connectivity index (χ2v) is 17.8. The van der Waals surface area contributed by atoms with E-state index >= 15 is 0 Å². The van der Waals surface area contributed by atoms with E-state index in [2.05, 4.69) is 49.7 Å². The highest BCUT2D eigenvalue weighted by molar-refractivity contribution is 5.89. The Balaban J connectivity index is 0.702. The molecule has 5 aromatic carbocycles. The smallest absolute Gasteiger partial charge is 0.408 e. The number of piperidine rings is 4. The van der Waals surface area contributed by atoms with Gasteiger partial charge in [-0.2, -0.15) is 0 Å². The molecule has 0 spiro atoms. The lowest BCUT2D eigenvalue weighted by atomic mass is 9.86. The average Bonchev–Trinajstić information content (AvgIpc) is 3.36. The summed E-state index contributed by atoms with van der Waals surface area (Å²) in [6.45, 7) is 6.23. The number of aromatic nitrogens is 1. The van der Waals surface area contributed by atoms with E-state index in [1.807, 2.05) is 66.7 Å². The van der Waals surface area contributed by atoms with Crippen LogP contribution in [0.1, 0.15) is 76.0 Å². The Morgan fingerprint density at radius 2 is 1.53 bits per heavy atom. The SMILES string of the molecule is O=C(NC(c1ccccc1)c1cccc(OCc2ccc(C(=O)OCC3CCN(c4ccc(CNCC(O)c5ccc(O)c6[nH]c(=O)ccc56)cc4)CC3)cc2)c1)O[C@H]1CN2CCC1CC2. The zero-order valence-corrected chi connectivity index (χ0v) is 36.9. The first-order chi connectivity index (χ1) is 32.2. The van der Waals surface area contributed by atoms with Gasteiger partial charge >= 0.3 is 12.1 Å². The van der Waals surface area contributed by atoms with Crippen LogP contribution in [0.2, 0.25) is 0 Å². The number of aromatic amines is 1. The van der Waals surface area contributed by atoms with Crippen LogP contribution < -0.4 is 25.8 Å². The van der Waals surface area contributed by atoms with Crippen molar-refractivity contribution in [3.05, 3.63) is 171 Å². The third-order valence-electron chi connectivity index (χ3n) is 13.3. The molecule has 1 amide bonds. The van der Waals surface area contributed by atoms with Crippen LogP contribution in [0, 0.1) is 11.8 Å². The van der Waals surface area contributed by atoms with Crippen molar-refractivity contribution in [2.75, 3.05) is 50.8 Å². The van der Waals surface area contributed by atoms with Crippen LogP contribution in [0.15, 0.2) is 132 Å². The molecule has 66 heavy (non-hydrogen) atoms. The molecule has 0 aliphatic carbocycles. The Morgan fingerprint density at radius 1 is 0.788 bits per heavy atom. The molecule has 2 bridgehead atoms. The molecule has 4 aliphatic rings. The number of pyridine rings is 1. The van der Waals surface area contributed by atoms with Gasteiger partial charge < -0.3 is 44.9 Å². The fourth-order valence-corrected chi connectivity index (χ4v) is 9.50. The van der Waals surface area contributed by atoms with Crippen LogP contribution in [0.5, 0.6) is 11.5 Å². The van der Waals surface area contributed by atoms with Crippen molar-refractivity contribution in [1.29, 1.82) is 0 Å². The Bertz CT molecular complexity index is 2640. The first-order valence-electron chi connectivity index (χ1n) is 23.0. The molecule has 10 rings (SSSR count). The Kier molecular flexibility index (Phi) is 13.9. The number of hydrogen-bond donors (Lipinski definition) is 5. The van der Waals surface area contributed by atoms with Crippen LogP contribution >= 0.6 is 0 Å². The van der Waals surface area contributed by atoms with Gasteiger partial charge in [0, 0.05) is 49.9 Å². The topological polar surface area (TPSA) is 166 Å². The van der Waals surface area contributed by atoms with Gasteiger partial charge in [0.1, 0.15) is 24.2 Å². The van der Waals surface area contributed by atoms with Crippen molar-refractivity contribution in [2.24, 2.45) is 11.8 Å². The number of carbonyl (C=O) groups is 2.